The van der Waals surface area contributed by atoms with Crippen LogP contribution in [0.1, 0.15) is 0 Å². The van der Waals surface area contributed by atoms with Crippen molar-refractivity contribution in [2.45, 2.75) is 0 Å². The number of benzene rings is 1. The number of fused-ring (bicyclic) bond motifs is 1. The summed E-state index contributed by atoms with van der Waals surface area (Å²) < 4.78 is 11.1. The van der Waals surface area contributed by atoms with Gasteiger partial charge in [0.25, 0.3) is 0 Å². The zero-order chi connectivity index (χ0) is 20.3. The van der Waals surface area contributed by atoms with Gasteiger partial charge in [-0.1, -0.05) is 6.07 Å². The Morgan fingerprint density at radius 1 is 0.967 bits per heavy atom. The summed E-state index contributed by atoms with van der Waals surface area (Å²) >= 11 is 1.65. The maximum absolute atomic E-state index is 12.7. The fourth-order valence-electron chi connectivity index (χ4n) is 3.51. The van der Waals surface area contributed by atoms with Gasteiger partial charge in [0.15, 0.2) is 17.3 Å². The third-order valence-electron chi connectivity index (χ3n) is 5.11. The van der Waals surface area contributed by atoms with Crippen LogP contribution in [0.5, 0.6) is 11.5 Å². The number of thiophene rings is 1. The van der Waals surface area contributed by atoms with Gasteiger partial charge in [0.2, 0.25) is 0 Å². The molecule has 1 saturated heterocycles. The third-order valence-corrected chi connectivity index (χ3v) is 6.00. The van der Waals surface area contributed by atoms with Crippen LogP contribution < -0.4 is 19.7 Å². The van der Waals surface area contributed by atoms with Crippen LogP contribution in [-0.4, -0.2) is 60.5 Å². The number of piperazine rings is 1. The first-order valence-corrected chi connectivity index (χ1v) is 10.7. The van der Waals surface area contributed by atoms with E-state index in [1.165, 1.54) is 0 Å². The van der Waals surface area contributed by atoms with E-state index in [0.717, 1.165) is 16.4 Å². The second-order valence-electron chi connectivity index (χ2n) is 7.02. The number of carbonyl (C=O) groups excluding carboxylic acids is 1. The van der Waals surface area contributed by atoms with E-state index < -0.39 is 0 Å². The number of rotatable bonds is 3. The summed E-state index contributed by atoms with van der Waals surface area (Å²) in [5.41, 5.74) is 1.58. The van der Waals surface area contributed by atoms with Gasteiger partial charge in [-0.25, -0.2) is 4.79 Å². The van der Waals surface area contributed by atoms with Crippen molar-refractivity contribution in [1.29, 1.82) is 0 Å². The Kier molecular flexibility index (Phi) is 5.10. The van der Waals surface area contributed by atoms with Gasteiger partial charge >= 0.3 is 6.03 Å². The fourth-order valence-corrected chi connectivity index (χ4v) is 4.20. The number of ether oxygens (including phenoxy) is 2. The molecule has 2 aliphatic heterocycles. The standard InChI is InChI=1S/C21H21N5O3S/c27-21(22-15-3-5-17-18(14-15)29-12-11-28-17)26-9-7-25(8-10-26)20-6-4-16(23-24-20)19-2-1-13-30-19/h1-6,13-14H,7-12H2,(H,22,27). The lowest BCUT2D eigenvalue weighted by molar-refractivity contribution is 0.171. The molecule has 2 aromatic heterocycles. The number of amides is 2. The number of hydrogen-bond donors (Lipinski definition) is 1. The quantitative estimate of drug-likeness (QED) is 0.696. The molecule has 3 aromatic rings. The van der Waals surface area contributed by atoms with Crippen molar-refractivity contribution in [1.82, 2.24) is 15.1 Å². The summed E-state index contributed by atoms with van der Waals surface area (Å²) in [7, 11) is 0. The summed E-state index contributed by atoms with van der Waals surface area (Å²) in [4.78, 5) is 17.7. The second kappa shape index (κ2) is 8.19. The van der Waals surface area contributed by atoms with Crippen LogP contribution in [0.15, 0.2) is 47.8 Å². The number of nitrogens with zero attached hydrogens (tertiary/aromatic N) is 4. The van der Waals surface area contributed by atoms with E-state index in [9.17, 15) is 4.79 Å². The smallest absolute Gasteiger partial charge is 0.321 e. The molecule has 4 heterocycles. The molecule has 8 nitrogen and oxygen atoms in total. The van der Waals surface area contributed by atoms with Gasteiger partial charge in [-0.3, -0.25) is 0 Å². The first-order valence-electron chi connectivity index (χ1n) is 9.84. The summed E-state index contributed by atoms with van der Waals surface area (Å²) in [6.07, 6.45) is 0. The third kappa shape index (κ3) is 3.88. The predicted octanol–water partition coefficient (Wildman–Crippen LogP) is 3.33. The minimum Gasteiger partial charge on any atom is -0.486 e. The van der Waals surface area contributed by atoms with Crippen LogP contribution >= 0.6 is 11.3 Å². The minimum atomic E-state index is -0.120. The molecule has 1 N–H and O–H groups in total. The lowest BCUT2D eigenvalue weighted by Crippen LogP contribution is -2.50. The number of carbonyl (C=O) groups is 1. The van der Waals surface area contributed by atoms with Gasteiger partial charge in [0.1, 0.15) is 18.9 Å². The average Bonchev–Trinajstić information content (AvgIpc) is 3.34. The SMILES string of the molecule is O=C(Nc1ccc2c(c1)OCCO2)N1CCN(c2ccc(-c3cccs3)nn2)CC1. The molecule has 0 spiro atoms. The molecule has 0 unspecified atom stereocenters. The Bertz CT molecular complexity index is 1020. The van der Waals surface area contributed by atoms with Crippen LogP contribution in [0.4, 0.5) is 16.3 Å². The number of hydrogen-bond acceptors (Lipinski definition) is 7. The van der Waals surface area contributed by atoms with Gasteiger partial charge in [-0.05, 0) is 35.7 Å². The Morgan fingerprint density at radius 2 is 1.80 bits per heavy atom. The Hall–Kier alpha value is -3.33. The van der Waals surface area contributed by atoms with E-state index in [-0.39, 0.29) is 6.03 Å². The molecule has 30 heavy (non-hydrogen) atoms. The molecule has 2 amide bonds. The average molecular weight is 423 g/mol. The highest BCUT2D eigenvalue weighted by atomic mass is 32.1. The largest absolute Gasteiger partial charge is 0.486 e. The molecule has 0 atom stereocenters. The monoisotopic (exact) mass is 423 g/mol. The lowest BCUT2D eigenvalue weighted by Gasteiger charge is -2.35. The second-order valence-corrected chi connectivity index (χ2v) is 7.96. The molecule has 0 radical (unpaired) electrons. The summed E-state index contributed by atoms with van der Waals surface area (Å²) in [5.74, 6) is 2.20. The van der Waals surface area contributed by atoms with Crippen molar-refractivity contribution in [3.8, 4) is 22.1 Å². The Balaban J connectivity index is 1.17. The van der Waals surface area contributed by atoms with Crippen molar-refractivity contribution in [2.24, 2.45) is 0 Å². The van der Waals surface area contributed by atoms with E-state index in [1.54, 1.807) is 22.3 Å². The molecule has 0 bridgehead atoms. The molecule has 5 rings (SSSR count). The maximum atomic E-state index is 12.7. The highest BCUT2D eigenvalue weighted by Gasteiger charge is 2.23. The number of urea groups is 1. The van der Waals surface area contributed by atoms with Crippen LogP contribution in [-0.2, 0) is 0 Å². The predicted molar refractivity (Wildman–Crippen MR) is 116 cm³/mol. The van der Waals surface area contributed by atoms with Crippen LogP contribution in [0.3, 0.4) is 0 Å². The molecule has 9 heteroatoms. The van der Waals surface area contributed by atoms with E-state index in [1.807, 2.05) is 41.8 Å². The van der Waals surface area contributed by atoms with E-state index >= 15 is 0 Å². The van der Waals surface area contributed by atoms with Crippen molar-refractivity contribution >= 4 is 28.9 Å². The van der Waals surface area contributed by atoms with Gasteiger partial charge in [-0.2, -0.15) is 0 Å². The lowest BCUT2D eigenvalue weighted by atomic mass is 10.2. The fraction of sp³-hybridized carbons (Fsp3) is 0.286. The number of aromatic nitrogens is 2. The van der Waals surface area contributed by atoms with Crippen LogP contribution in [0.25, 0.3) is 10.6 Å². The van der Waals surface area contributed by atoms with Crippen molar-refractivity contribution < 1.29 is 14.3 Å². The first-order chi connectivity index (χ1) is 14.8. The zero-order valence-corrected chi connectivity index (χ0v) is 17.1. The van der Waals surface area contributed by atoms with Gasteiger partial charge in [0.05, 0.1) is 4.88 Å². The molecule has 2 aliphatic rings. The van der Waals surface area contributed by atoms with Gasteiger partial charge < -0.3 is 24.6 Å². The highest BCUT2D eigenvalue weighted by molar-refractivity contribution is 7.13. The summed E-state index contributed by atoms with van der Waals surface area (Å²) in [5, 5.41) is 13.7. The molecule has 1 aromatic carbocycles. The van der Waals surface area contributed by atoms with Gasteiger partial charge in [-0.15, -0.1) is 21.5 Å². The van der Waals surface area contributed by atoms with Crippen molar-refractivity contribution in [3.05, 3.63) is 47.8 Å². The highest BCUT2D eigenvalue weighted by Crippen LogP contribution is 2.32. The summed E-state index contributed by atoms with van der Waals surface area (Å²) in [6.45, 7) is 3.71. The van der Waals surface area contributed by atoms with E-state index in [4.69, 9.17) is 9.47 Å². The van der Waals surface area contributed by atoms with Crippen molar-refractivity contribution in [3.63, 3.8) is 0 Å². The molecule has 0 saturated carbocycles. The molecule has 1 fully saturated rings. The molecule has 154 valence electrons. The molecule has 0 aliphatic carbocycles. The number of anilines is 2. The van der Waals surface area contributed by atoms with Crippen molar-refractivity contribution in [2.75, 3.05) is 49.6 Å². The van der Waals surface area contributed by atoms with Gasteiger partial charge in [0, 0.05) is 37.9 Å². The summed E-state index contributed by atoms with van der Waals surface area (Å²) in [6, 6.07) is 13.4. The Morgan fingerprint density at radius 3 is 2.53 bits per heavy atom. The normalized spacial score (nSPS) is 15.7. The minimum absolute atomic E-state index is 0.120. The van der Waals surface area contributed by atoms with E-state index in [2.05, 4.69) is 20.4 Å². The first kappa shape index (κ1) is 18.7. The molecular formula is C21H21N5O3S. The maximum Gasteiger partial charge on any atom is 0.321 e. The Labute approximate surface area is 178 Å². The number of nitrogens with one attached hydrogen (secondary N) is 1. The van der Waals surface area contributed by atoms with Crippen LogP contribution in [0, 0.1) is 0 Å². The van der Waals surface area contributed by atoms with Crippen LogP contribution in [0.2, 0.25) is 0 Å². The zero-order valence-electron chi connectivity index (χ0n) is 16.3. The van der Waals surface area contributed by atoms with E-state index in [0.29, 0.717) is 56.6 Å². The topological polar surface area (TPSA) is 79.8 Å². The molecular weight excluding hydrogens is 402 g/mol.